The van der Waals surface area contributed by atoms with Gasteiger partial charge in [-0.3, -0.25) is 4.79 Å². The number of carboxylic acids is 1. The number of rotatable bonds is 1. The molecule has 4 heteroatoms. The normalized spacial score (nSPS) is 56.3. The molecule has 2 unspecified atom stereocenters. The first-order chi connectivity index (χ1) is 15.7. The fourth-order valence-electron chi connectivity index (χ4n) is 11.4. The van der Waals surface area contributed by atoms with Crippen LogP contribution in [-0.4, -0.2) is 33.5 Å². The SMILES string of the molecule is CC1=CC[C@]2(C(=O)O)CC[C@]3(C)[C@H](CCC4[C@@]5(C)C[C@@H](O)[C@H](O)C(C)(C)C5CC[C@]43C)[C@H]2[C@@H]1C. The Labute approximate surface area is 206 Å². The van der Waals surface area contributed by atoms with Crippen molar-refractivity contribution in [2.45, 2.75) is 112 Å². The fraction of sp³-hybridized carbons (Fsp3) is 0.900. The zero-order chi connectivity index (χ0) is 25.1. The van der Waals surface area contributed by atoms with Crippen molar-refractivity contribution in [3.63, 3.8) is 0 Å². The summed E-state index contributed by atoms with van der Waals surface area (Å²) >= 11 is 0. The Bertz CT molecular complexity index is 907. The van der Waals surface area contributed by atoms with Gasteiger partial charge in [-0.15, -0.1) is 0 Å². The zero-order valence-corrected chi connectivity index (χ0v) is 22.5. The van der Waals surface area contributed by atoms with E-state index in [1.54, 1.807) is 0 Å². The second kappa shape index (κ2) is 7.34. The number of hydrogen-bond acceptors (Lipinski definition) is 3. The molecular weight excluding hydrogens is 424 g/mol. The molecule has 0 bridgehead atoms. The van der Waals surface area contributed by atoms with Crippen molar-refractivity contribution in [1.82, 2.24) is 0 Å². The van der Waals surface area contributed by atoms with E-state index in [-0.39, 0.29) is 27.6 Å². The maximum Gasteiger partial charge on any atom is 0.310 e. The highest BCUT2D eigenvalue weighted by molar-refractivity contribution is 5.76. The molecule has 0 aromatic carbocycles. The molecule has 4 saturated carbocycles. The first-order valence-electron chi connectivity index (χ1n) is 13.9. The van der Waals surface area contributed by atoms with E-state index in [1.807, 2.05) is 0 Å². The van der Waals surface area contributed by atoms with Gasteiger partial charge >= 0.3 is 5.97 Å². The standard InChI is InChI=1S/C30H48O4/c1-17-10-13-30(25(33)34)15-14-28(6)19(23(30)18(17)2)8-9-22-27(5)16-20(31)24(32)26(3,4)21(27)11-12-29(22,28)7/h10,18-24,31-32H,8-9,11-16H2,1-7H3,(H,33,34)/t18-,19-,20-,21?,22?,23-,24+,27+,28-,29-,30+/m1/s1. The van der Waals surface area contributed by atoms with E-state index in [2.05, 4.69) is 54.5 Å². The molecule has 0 amide bonds. The van der Waals surface area contributed by atoms with Crippen molar-refractivity contribution < 1.29 is 20.1 Å². The molecule has 11 atom stereocenters. The smallest absolute Gasteiger partial charge is 0.310 e. The summed E-state index contributed by atoms with van der Waals surface area (Å²) in [6, 6.07) is 0. The molecule has 0 aromatic rings. The summed E-state index contributed by atoms with van der Waals surface area (Å²) in [7, 11) is 0. The second-order valence-corrected chi connectivity index (χ2v) is 14.6. The van der Waals surface area contributed by atoms with Crippen LogP contribution in [0.2, 0.25) is 0 Å². The van der Waals surface area contributed by atoms with Crippen LogP contribution in [0.25, 0.3) is 0 Å². The lowest BCUT2D eigenvalue weighted by Crippen LogP contribution is -2.69. The van der Waals surface area contributed by atoms with Crippen LogP contribution >= 0.6 is 0 Å². The molecule has 5 rings (SSSR count). The number of aliphatic hydroxyl groups is 2. The van der Waals surface area contributed by atoms with Gasteiger partial charge in [-0.25, -0.2) is 0 Å². The van der Waals surface area contributed by atoms with Gasteiger partial charge in [0.2, 0.25) is 0 Å². The van der Waals surface area contributed by atoms with Gasteiger partial charge in [0.1, 0.15) is 0 Å². The van der Waals surface area contributed by atoms with Crippen LogP contribution in [-0.2, 0) is 4.79 Å². The molecule has 5 aliphatic carbocycles. The molecule has 4 fully saturated rings. The topological polar surface area (TPSA) is 77.8 Å². The Kier molecular flexibility index (Phi) is 5.36. The second-order valence-electron chi connectivity index (χ2n) is 14.6. The summed E-state index contributed by atoms with van der Waals surface area (Å²) in [6.07, 6.45) is 8.48. The van der Waals surface area contributed by atoms with E-state index in [0.717, 1.165) is 38.5 Å². The molecule has 5 aliphatic rings. The van der Waals surface area contributed by atoms with Gasteiger partial charge in [0.25, 0.3) is 0 Å². The number of carboxylic acid groups (broad SMARTS) is 1. The van der Waals surface area contributed by atoms with Gasteiger partial charge in [0, 0.05) is 0 Å². The van der Waals surface area contributed by atoms with Crippen LogP contribution in [0, 0.1) is 56.7 Å². The minimum atomic E-state index is -0.665. The Balaban J connectivity index is 1.58. The first-order valence-corrected chi connectivity index (χ1v) is 13.9. The van der Waals surface area contributed by atoms with Crippen LogP contribution in [0.3, 0.4) is 0 Å². The van der Waals surface area contributed by atoms with Crippen molar-refractivity contribution in [2.75, 3.05) is 0 Å². The van der Waals surface area contributed by atoms with E-state index in [1.165, 1.54) is 5.57 Å². The fourth-order valence-corrected chi connectivity index (χ4v) is 11.4. The molecule has 4 nitrogen and oxygen atoms in total. The van der Waals surface area contributed by atoms with E-state index in [9.17, 15) is 20.1 Å². The quantitative estimate of drug-likeness (QED) is 0.405. The zero-order valence-electron chi connectivity index (χ0n) is 22.5. The summed E-state index contributed by atoms with van der Waals surface area (Å²) in [5.74, 6) is 1.25. The molecule has 192 valence electrons. The van der Waals surface area contributed by atoms with Crippen molar-refractivity contribution in [1.29, 1.82) is 0 Å². The third-order valence-corrected chi connectivity index (χ3v) is 13.5. The number of hydrogen-bond donors (Lipinski definition) is 3. The number of allylic oxidation sites excluding steroid dienone is 2. The Morgan fingerprint density at radius 3 is 2.26 bits per heavy atom. The Hall–Kier alpha value is -0.870. The third kappa shape index (κ3) is 2.76. The van der Waals surface area contributed by atoms with E-state index < -0.39 is 23.6 Å². The molecule has 34 heavy (non-hydrogen) atoms. The van der Waals surface area contributed by atoms with Crippen molar-refractivity contribution in [2.24, 2.45) is 56.7 Å². The largest absolute Gasteiger partial charge is 0.481 e. The molecule has 0 saturated heterocycles. The molecule has 0 heterocycles. The molecule has 0 spiro atoms. The molecule has 3 N–H and O–H groups in total. The van der Waals surface area contributed by atoms with Crippen LogP contribution in [0.5, 0.6) is 0 Å². The lowest BCUT2D eigenvalue weighted by Gasteiger charge is -2.73. The summed E-state index contributed by atoms with van der Waals surface area (Å²) in [6.45, 7) is 16.3. The van der Waals surface area contributed by atoms with Crippen LogP contribution in [0.4, 0.5) is 0 Å². The molecule has 0 aromatic heterocycles. The van der Waals surface area contributed by atoms with Gasteiger partial charge in [-0.1, -0.05) is 53.2 Å². The number of carbonyl (C=O) groups is 1. The highest BCUT2D eigenvalue weighted by Crippen LogP contribution is 2.76. The summed E-state index contributed by atoms with van der Waals surface area (Å²) in [5, 5.41) is 32.4. The minimum absolute atomic E-state index is 0.00153. The minimum Gasteiger partial charge on any atom is -0.481 e. The first kappa shape index (κ1) is 24.8. The highest BCUT2D eigenvalue weighted by atomic mass is 16.4. The summed E-state index contributed by atoms with van der Waals surface area (Å²) in [4.78, 5) is 12.8. The summed E-state index contributed by atoms with van der Waals surface area (Å²) in [5.41, 5.74) is 0.693. The van der Waals surface area contributed by atoms with Crippen LogP contribution in [0.1, 0.15) is 99.8 Å². The van der Waals surface area contributed by atoms with E-state index in [0.29, 0.717) is 36.5 Å². The maximum absolute atomic E-state index is 12.8. The Morgan fingerprint density at radius 1 is 0.941 bits per heavy atom. The average Bonchev–Trinajstić information content (AvgIpc) is 2.75. The Morgan fingerprint density at radius 2 is 1.62 bits per heavy atom. The molecule has 0 radical (unpaired) electrons. The summed E-state index contributed by atoms with van der Waals surface area (Å²) < 4.78 is 0. The van der Waals surface area contributed by atoms with Gasteiger partial charge in [0.05, 0.1) is 17.6 Å². The average molecular weight is 473 g/mol. The lowest BCUT2D eigenvalue weighted by molar-refractivity contribution is -0.266. The molecule has 0 aliphatic heterocycles. The number of aliphatic carboxylic acids is 1. The van der Waals surface area contributed by atoms with Crippen LogP contribution < -0.4 is 0 Å². The van der Waals surface area contributed by atoms with Gasteiger partial charge in [-0.2, -0.15) is 0 Å². The maximum atomic E-state index is 12.8. The number of fused-ring (bicyclic) bond motifs is 7. The van der Waals surface area contributed by atoms with Gasteiger partial charge in [-0.05, 0) is 110 Å². The van der Waals surface area contributed by atoms with Gasteiger partial charge in [0.15, 0.2) is 0 Å². The third-order valence-electron chi connectivity index (χ3n) is 13.5. The van der Waals surface area contributed by atoms with Crippen molar-refractivity contribution in [3.05, 3.63) is 11.6 Å². The van der Waals surface area contributed by atoms with Gasteiger partial charge < -0.3 is 15.3 Å². The van der Waals surface area contributed by atoms with E-state index >= 15 is 0 Å². The van der Waals surface area contributed by atoms with E-state index in [4.69, 9.17) is 0 Å². The monoisotopic (exact) mass is 472 g/mol. The van der Waals surface area contributed by atoms with Crippen LogP contribution in [0.15, 0.2) is 11.6 Å². The predicted molar refractivity (Wildman–Crippen MR) is 134 cm³/mol. The predicted octanol–water partition coefficient (Wildman–Crippen LogP) is 6.06. The highest BCUT2D eigenvalue weighted by Gasteiger charge is 2.71. The lowest BCUT2D eigenvalue weighted by atomic mass is 9.31. The number of aliphatic hydroxyl groups excluding tert-OH is 2. The molecular formula is C30H48O4. The van der Waals surface area contributed by atoms with Crippen molar-refractivity contribution >= 4 is 5.97 Å². The van der Waals surface area contributed by atoms with Crippen molar-refractivity contribution in [3.8, 4) is 0 Å².